The van der Waals surface area contributed by atoms with Crippen LogP contribution in [0, 0.1) is 5.92 Å². The Hall–Kier alpha value is -4.25. The lowest BCUT2D eigenvalue weighted by atomic mass is 10.0. The molecule has 43 heavy (non-hydrogen) atoms. The van der Waals surface area contributed by atoms with Crippen LogP contribution in [-0.4, -0.2) is 71.8 Å². The number of hydrogen-bond donors (Lipinski definition) is 1. The number of sulfonamides is 1. The van der Waals surface area contributed by atoms with Crippen LogP contribution in [0.2, 0.25) is 0 Å². The summed E-state index contributed by atoms with van der Waals surface area (Å²) in [5.74, 6) is 0.504. The van der Waals surface area contributed by atoms with E-state index in [1.165, 1.54) is 25.2 Å². The second-order valence-corrected chi connectivity index (χ2v) is 12.4. The first-order chi connectivity index (χ1) is 20.5. The van der Waals surface area contributed by atoms with Crippen LogP contribution in [0.15, 0.2) is 72.8 Å². The van der Waals surface area contributed by atoms with Gasteiger partial charge in [0.15, 0.2) is 0 Å². The maximum absolute atomic E-state index is 14.3. The molecule has 0 saturated heterocycles. The van der Waals surface area contributed by atoms with Gasteiger partial charge in [-0.05, 0) is 41.3 Å². The molecular weight excluding hydrogens is 570 g/mol. The van der Waals surface area contributed by atoms with Gasteiger partial charge < -0.3 is 24.4 Å². The van der Waals surface area contributed by atoms with E-state index in [0.29, 0.717) is 23.6 Å². The molecule has 3 aromatic carbocycles. The van der Waals surface area contributed by atoms with Crippen LogP contribution in [0.4, 0.5) is 5.69 Å². The lowest BCUT2D eigenvalue weighted by Gasteiger charge is -2.34. The number of anilines is 1. The van der Waals surface area contributed by atoms with E-state index < -0.39 is 28.5 Å². The monoisotopic (exact) mass is 611 g/mol. The van der Waals surface area contributed by atoms with Gasteiger partial charge in [-0.25, -0.2) is 8.42 Å². The number of rotatable bonds is 15. The maximum atomic E-state index is 14.3. The SMILES string of the molecule is COc1cccc(CN(C(=O)CN(c2cc(OC)ccc2OC)S(C)(=O)=O)C(Cc2ccccc2)C(=O)NCC(C)C)c1. The van der Waals surface area contributed by atoms with Crippen molar-refractivity contribution in [3.8, 4) is 17.2 Å². The molecule has 3 aromatic rings. The summed E-state index contributed by atoms with van der Waals surface area (Å²) in [5.41, 5.74) is 1.71. The minimum atomic E-state index is -3.98. The van der Waals surface area contributed by atoms with Gasteiger partial charge >= 0.3 is 0 Å². The zero-order valence-corrected chi connectivity index (χ0v) is 26.4. The van der Waals surface area contributed by atoms with Crippen LogP contribution in [0.25, 0.3) is 0 Å². The summed E-state index contributed by atoms with van der Waals surface area (Å²) < 4.78 is 43.4. The number of nitrogens with one attached hydrogen (secondary N) is 1. The molecule has 1 N–H and O–H groups in total. The molecule has 0 aromatic heterocycles. The molecule has 0 radical (unpaired) electrons. The minimum absolute atomic E-state index is 0.0372. The van der Waals surface area contributed by atoms with E-state index >= 15 is 0 Å². The Kier molecular flexibility index (Phi) is 11.8. The highest BCUT2D eigenvalue weighted by molar-refractivity contribution is 7.92. The van der Waals surface area contributed by atoms with E-state index in [1.54, 1.807) is 37.4 Å². The zero-order valence-electron chi connectivity index (χ0n) is 25.6. The molecule has 0 aliphatic heterocycles. The first-order valence-electron chi connectivity index (χ1n) is 13.9. The quantitative estimate of drug-likeness (QED) is 0.277. The average Bonchev–Trinajstić information content (AvgIpc) is 2.99. The Morgan fingerprint density at radius 3 is 2.09 bits per heavy atom. The third kappa shape index (κ3) is 9.37. The predicted octanol–water partition coefficient (Wildman–Crippen LogP) is 3.89. The number of carbonyl (C=O) groups is 2. The van der Waals surface area contributed by atoms with Gasteiger partial charge in [-0.15, -0.1) is 0 Å². The van der Waals surface area contributed by atoms with Gasteiger partial charge in [0.05, 0.1) is 33.3 Å². The Bertz CT molecular complexity index is 1480. The number of nitrogens with zero attached hydrogens (tertiary/aromatic N) is 2. The predicted molar refractivity (Wildman–Crippen MR) is 167 cm³/mol. The Morgan fingerprint density at radius 1 is 0.837 bits per heavy atom. The normalized spacial score (nSPS) is 11.9. The van der Waals surface area contributed by atoms with Crippen molar-refractivity contribution in [1.82, 2.24) is 10.2 Å². The average molecular weight is 612 g/mol. The Morgan fingerprint density at radius 2 is 1.49 bits per heavy atom. The maximum Gasteiger partial charge on any atom is 0.244 e. The van der Waals surface area contributed by atoms with Crippen LogP contribution in [0.3, 0.4) is 0 Å². The molecule has 0 saturated carbocycles. The highest BCUT2D eigenvalue weighted by Gasteiger charge is 2.34. The summed E-state index contributed by atoms with van der Waals surface area (Å²) in [5, 5.41) is 2.97. The van der Waals surface area contributed by atoms with E-state index in [-0.39, 0.29) is 36.2 Å². The molecule has 3 rings (SSSR count). The number of amides is 2. The van der Waals surface area contributed by atoms with Crippen molar-refractivity contribution in [1.29, 1.82) is 0 Å². The fraction of sp³-hybridized carbons (Fsp3) is 0.375. The molecule has 10 nitrogen and oxygen atoms in total. The van der Waals surface area contributed by atoms with Crippen molar-refractivity contribution >= 4 is 27.5 Å². The molecule has 0 bridgehead atoms. The summed E-state index contributed by atoms with van der Waals surface area (Å²) in [6, 6.07) is 20.4. The summed E-state index contributed by atoms with van der Waals surface area (Å²) in [6.45, 7) is 3.85. The smallest absolute Gasteiger partial charge is 0.244 e. The molecule has 11 heteroatoms. The van der Waals surface area contributed by atoms with Gasteiger partial charge in [-0.3, -0.25) is 13.9 Å². The molecule has 2 amide bonds. The summed E-state index contributed by atoms with van der Waals surface area (Å²) in [6.07, 6.45) is 1.24. The van der Waals surface area contributed by atoms with Gasteiger partial charge in [-0.1, -0.05) is 56.3 Å². The first-order valence-corrected chi connectivity index (χ1v) is 15.7. The van der Waals surface area contributed by atoms with Crippen LogP contribution in [-0.2, 0) is 32.6 Å². The third-order valence-corrected chi connectivity index (χ3v) is 7.90. The van der Waals surface area contributed by atoms with Crippen molar-refractivity contribution in [2.75, 3.05) is 45.0 Å². The second kappa shape index (κ2) is 15.3. The van der Waals surface area contributed by atoms with Crippen molar-refractivity contribution < 1.29 is 32.2 Å². The summed E-state index contributed by atoms with van der Waals surface area (Å²) in [7, 11) is 0.437. The number of ether oxygens (including phenoxy) is 3. The first kappa shape index (κ1) is 33.3. The molecule has 0 spiro atoms. The highest BCUT2D eigenvalue weighted by atomic mass is 32.2. The van der Waals surface area contributed by atoms with Crippen LogP contribution in [0.1, 0.15) is 25.0 Å². The molecule has 1 atom stereocenters. The fourth-order valence-corrected chi connectivity index (χ4v) is 5.38. The third-order valence-electron chi connectivity index (χ3n) is 6.78. The van der Waals surface area contributed by atoms with E-state index in [1.807, 2.05) is 50.2 Å². The Balaban J connectivity index is 2.11. The molecule has 0 fully saturated rings. The van der Waals surface area contributed by atoms with Gasteiger partial charge in [0, 0.05) is 25.6 Å². The topological polar surface area (TPSA) is 114 Å². The molecule has 0 heterocycles. The molecule has 232 valence electrons. The van der Waals surface area contributed by atoms with Gasteiger partial charge in [0.2, 0.25) is 21.8 Å². The molecule has 0 aliphatic carbocycles. The van der Waals surface area contributed by atoms with Crippen molar-refractivity contribution in [2.45, 2.75) is 32.9 Å². The largest absolute Gasteiger partial charge is 0.497 e. The van der Waals surface area contributed by atoms with Gasteiger partial charge in [0.1, 0.15) is 29.8 Å². The van der Waals surface area contributed by atoms with E-state index in [9.17, 15) is 18.0 Å². The van der Waals surface area contributed by atoms with Crippen molar-refractivity contribution in [2.24, 2.45) is 5.92 Å². The lowest BCUT2D eigenvalue weighted by molar-refractivity contribution is -0.140. The molecule has 1 unspecified atom stereocenters. The number of carbonyl (C=O) groups excluding carboxylic acids is 2. The van der Waals surface area contributed by atoms with E-state index in [2.05, 4.69) is 5.32 Å². The summed E-state index contributed by atoms with van der Waals surface area (Å²) in [4.78, 5) is 29.5. The van der Waals surface area contributed by atoms with Crippen LogP contribution >= 0.6 is 0 Å². The minimum Gasteiger partial charge on any atom is -0.497 e. The molecular formula is C32H41N3O7S. The lowest BCUT2D eigenvalue weighted by Crippen LogP contribution is -2.53. The van der Waals surface area contributed by atoms with E-state index in [0.717, 1.165) is 16.1 Å². The van der Waals surface area contributed by atoms with Crippen LogP contribution < -0.4 is 23.8 Å². The van der Waals surface area contributed by atoms with Gasteiger partial charge in [-0.2, -0.15) is 0 Å². The summed E-state index contributed by atoms with van der Waals surface area (Å²) >= 11 is 0. The van der Waals surface area contributed by atoms with Crippen LogP contribution in [0.5, 0.6) is 17.2 Å². The number of benzene rings is 3. The van der Waals surface area contributed by atoms with Crippen molar-refractivity contribution in [3.05, 3.63) is 83.9 Å². The standard InChI is InChI=1S/C32H41N3O7S/c1-23(2)20-33-32(37)29(18-24-11-8-7-9-12-24)34(21-25-13-10-14-26(17-25)40-3)31(36)22-35(43(6,38)39)28-19-27(41-4)15-16-30(28)42-5/h7-17,19,23,29H,18,20-22H2,1-6H3,(H,33,37). The zero-order chi connectivity index (χ0) is 31.6. The number of methoxy groups -OCH3 is 3. The van der Waals surface area contributed by atoms with Gasteiger partial charge in [0.25, 0.3) is 0 Å². The molecule has 0 aliphatic rings. The Labute approximate surface area is 254 Å². The highest BCUT2D eigenvalue weighted by Crippen LogP contribution is 2.34. The van der Waals surface area contributed by atoms with E-state index in [4.69, 9.17) is 14.2 Å². The van der Waals surface area contributed by atoms with Crippen molar-refractivity contribution in [3.63, 3.8) is 0 Å². The number of hydrogen-bond acceptors (Lipinski definition) is 7. The second-order valence-electron chi connectivity index (χ2n) is 10.5. The fourth-order valence-electron chi connectivity index (χ4n) is 4.53.